The van der Waals surface area contributed by atoms with E-state index in [2.05, 4.69) is 10.6 Å². The van der Waals surface area contributed by atoms with Gasteiger partial charge in [0.25, 0.3) is 5.91 Å². The van der Waals surface area contributed by atoms with Crippen LogP contribution in [-0.2, 0) is 30.5 Å². The Morgan fingerprint density at radius 3 is 2.36 bits per heavy atom. The number of ketones is 1. The van der Waals surface area contributed by atoms with Gasteiger partial charge in [-0.25, -0.2) is 4.39 Å². The van der Waals surface area contributed by atoms with Gasteiger partial charge in [-0.05, 0) is 43.5 Å². The molecule has 4 unspecified atom stereocenters. The third kappa shape index (κ3) is 5.75. The number of Topliss-reactive ketones (excluding diaryl/α,β-unsaturated/α-hetero) is 1. The van der Waals surface area contributed by atoms with E-state index < -0.39 is 41.3 Å². The first-order valence-electron chi connectivity index (χ1n) is 12.1. The molecule has 1 saturated heterocycles. The van der Waals surface area contributed by atoms with Crippen LogP contribution in [0.2, 0.25) is 0 Å². The Hall–Kier alpha value is -3.27. The quantitative estimate of drug-likeness (QED) is 0.524. The van der Waals surface area contributed by atoms with Crippen LogP contribution >= 0.6 is 0 Å². The molecular weight excluding hydrogens is 467 g/mol. The van der Waals surface area contributed by atoms with Crippen molar-refractivity contribution in [2.24, 2.45) is 5.41 Å². The van der Waals surface area contributed by atoms with Crippen LogP contribution in [0.1, 0.15) is 46.6 Å². The fourth-order valence-corrected chi connectivity index (χ4v) is 4.44. The molecule has 2 aliphatic heterocycles. The highest BCUT2D eigenvalue weighted by Gasteiger charge is 2.51. The van der Waals surface area contributed by atoms with Crippen LogP contribution in [0.3, 0.4) is 0 Å². The van der Waals surface area contributed by atoms with Gasteiger partial charge in [-0.15, -0.1) is 0 Å². The zero-order chi connectivity index (χ0) is 26.8. The van der Waals surface area contributed by atoms with Crippen molar-refractivity contribution >= 4 is 23.5 Å². The number of halogens is 1. The summed E-state index contributed by atoms with van der Waals surface area (Å²) in [5.74, 6) is -1.89. The number of hydrogen-bond acceptors (Lipinski definition) is 6. The minimum Gasteiger partial charge on any atom is -0.489 e. The van der Waals surface area contributed by atoms with Crippen molar-refractivity contribution in [2.75, 3.05) is 13.6 Å². The molecule has 0 saturated carbocycles. The highest BCUT2D eigenvalue weighted by atomic mass is 19.1. The highest BCUT2D eigenvalue weighted by molar-refractivity contribution is 6.35. The molecular formula is C26H35FN4O5. The van der Waals surface area contributed by atoms with Crippen LogP contribution in [0.4, 0.5) is 4.39 Å². The number of carbonyl (C=O) groups excluding carboxylic acids is 4. The maximum atomic E-state index is 13.8. The van der Waals surface area contributed by atoms with E-state index in [9.17, 15) is 23.6 Å². The van der Waals surface area contributed by atoms with Gasteiger partial charge in [0.15, 0.2) is 0 Å². The van der Waals surface area contributed by atoms with Crippen LogP contribution in [0, 0.1) is 11.2 Å². The summed E-state index contributed by atoms with van der Waals surface area (Å²) in [6.45, 7) is 8.95. The zero-order valence-electron chi connectivity index (χ0n) is 21.6. The molecule has 4 atom stereocenters. The summed E-state index contributed by atoms with van der Waals surface area (Å²) in [5.41, 5.74) is 0.118. The van der Waals surface area contributed by atoms with E-state index in [0.717, 1.165) is 0 Å². The monoisotopic (exact) mass is 502 g/mol. The number of ether oxygens (including phenoxy) is 1. The first-order chi connectivity index (χ1) is 16.8. The van der Waals surface area contributed by atoms with E-state index in [1.54, 1.807) is 31.0 Å². The number of likely N-dealkylation sites (tertiary alicyclic amines) is 1. The first-order valence-corrected chi connectivity index (χ1v) is 12.1. The average molecular weight is 503 g/mol. The number of nitrogens with zero attached hydrogens (tertiary/aromatic N) is 2. The summed E-state index contributed by atoms with van der Waals surface area (Å²) in [5, 5.41) is 5.74. The number of carbonyl (C=O) groups is 4. The fraction of sp³-hybridized carbons (Fsp3) is 0.538. The normalized spacial score (nSPS) is 20.9. The van der Waals surface area contributed by atoms with Crippen LogP contribution in [0.25, 0.3) is 0 Å². The molecule has 0 bridgehead atoms. The smallest absolute Gasteiger partial charge is 0.294 e. The van der Waals surface area contributed by atoms with Crippen molar-refractivity contribution in [3.63, 3.8) is 0 Å². The minimum absolute atomic E-state index is 0.0958. The van der Waals surface area contributed by atoms with Gasteiger partial charge in [-0.1, -0.05) is 32.9 Å². The Kier molecular flexibility index (Phi) is 8.18. The molecule has 0 spiro atoms. The molecule has 3 amide bonds. The minimum atomic E-state index is -0.824. The van der Waals surface area contributed by atoms with Gasteiger partial charge in [-0.2, -0.15) is 0 Å². The second-order valence-corrected chi connectivity index (χ2v) is 10.4. The lowest BCUT2D eigenvalue weighted by molar-refractivity contribution is -0.143. The zero-order valence-corrected chi connectivity index (χ0v) is 21.6. The molecule has 196 valence electrons. The topological polar surface area (TPSA) is 108 Å². The molecule has 2 N–H and O–H groups in total. The third-order valence-corrected chi connectivity index (χ3v) is 6.64. The Bertz CT molecular complexity index is 1050. The predicted molar refractivity (Wildman–Crippen MR) is 131 cm³/mol. The van der Waals surface area contributed by atoms with Crippen LogP contribution < -0.4 is 10.6 Å². The van der Waals surface area contributed by atoms with Gasteiger partial charge in [0.05, 0.1) is 12.1 Å². The highest BCUT2D eigenvalue weighted by Crippen LogP contribution is 2.37. The Balaban J connectivity index is 1.89. The van der Waals surface area contributed by atoms with E-state index in [4.69, 9.17) is 4.74 Å². The third-order valence-electron chi connectivity index (χ3n) is 6.64. The lowest BCUT2D eigenvalue weighted by atomic mass is 9.85. The van der Waals surface area contributed by atoms with Crippen molar-refractivity contribution in [2.45, 2.75) is 71.8 Å². The van der Waals surface area contributed by atoms with Crippen LogP contribution in [-0.4, -0.2) is 71.1 Å². The summed E-state index contributed by atoms with van der Waals surface area (Å²) in [6.07, 6.45) is 1.93. The second-order valence-electron chi connectivity index (χ2n) is 10.4. The predicted octanol–water partition coefficient (Wildman–Crippen LogP) is 1.72. The maximum Gasteiger partial charge on any atom is 0.294 e. The average Bonchev–Trinajstić information content (AvgIpc) is 3.40. The van der Waals surface area contributed by atoms with E-state index in [1.807, 2.05) is 20.8 Å². The molecule has 2 aliphatic rings. The van der Waals surface area contributed by atoms with Gasteiger partial charge in [-0.3, -0.25) is 19.2 Å². The molecule has 3 rings (SSSR count). The van der Waals surface area contributed by atoms with Crippen molar-refractivity contribution < 1.29 is 28.3 Å². The van der Waals surface area contributed by atoms with E-state index in [0.29, 0.717) is 24.3 Å². The molecule has 1 aromatic rings. The van der Waals surface area contributed by atoms with Gasteiger partial charge >= 0.3 is 0 Å². The molecule has 36 heavy (non-hydrogen) atoms. The molecule has 0 aromatic heterocycles. The number of hydrogen-bond donors (Lipinski definition) is 2. The lowest BCUT2D eigenvalue weighted by Crippen LogP contribution is -2.58. The molecule has 1 aromatic carbocycles. The lowest BCUT2D eigenvalue weighted by Gasteiger charge is -2.36. The summed E-state index contributed by atoms with van der Waals surface area (Å²) in [6, 6.07) is 3.45. The van der Waals surface area contributed by atoms with Gasteiger partial charge < -0.3 is 25.2 Å². The van der Waals surface area contributed by atoms with Gasteiger partial charge in [0.1, 0.15) is 30.3 Å². The summed E-state index contributed by atoms with van der Waals surface area (Å²) in [7, 11) is 1.66. The van der Waals surface area contributed by atoms with Crippen molar-refractivity contribution in [3.8, 4) is 0 Å². The van der Waals surface area contributed by atoms with Crippen LogP contribution in [0.15, 0.2) is 36.2 Å². The number of amides is 3. The first kappa shape index (κ1) is 27.3. The second kappa shape index (κ2) is 10.8. The van der Waals surface area contributed by atoms with Crippen molar-refractivity contribution in [3.05, 3.63) is 47.6 Å². The number of rotatable bonds is 8. The Morgan fingerprint density at radius 2 is 1.81 bits per heavy atom. The summed E-state index contributed by atoms with van der Waals surface area (Å²) < 4.78 is 19.3. The standard InChI is InChI=1S/C26H35FN4O5/c1-15(28-6)23(33)29-22(26(3,4)5)25(35)30-12-11-19-21(30)20(13-31(19)24(34)16(2)32)36-14-17-7-9-18(27)10-8-17/h7-10,13,15,19,21-22,28H,11-12,14H2,1-6H3,(H,29,33). The fourth-order valence-electron chi connectivity index (χ4n) is 4.44. The number of benzene rings is 1. The Morgan fingerprint density at radius 1 is 1.17 bits per heavy atom. The number of nitrogens with one attached hydrogen (secondary N) is 2. The number of fused-ring (bicyclic) bond motifs is 1. The molecule has 9 nitrogen and oxygen atoms in total. The summed E-state index contributed by atoms with van der Waals surface area (Å²) in [4.78, 5) is 54.0. The number of likely N-dealkylation sites (N-methyl/N-ethyl adjacent to an activating group) is 1. The molecule has 0 radical (unpaired) electrons. The van der Waals surface area contributed by atoms with Crippen molar-refractivity contribution in [1.82, 2.24) is 20.4 Å². The van der Waals surface area contributed by atoms with E-state index in [1.165, 1.54) is 30.2 Å². The molecule has 1 fully saturated rings. The molecule has 10 heteroatoms. The van der Waals surface area contributed by atoms with Gasteiger partial charge in [0, 0.05) is 19.7 Å². The molecule has 0 aliphatic carbocycles. The van der Waals surface area contributed by atoms with E-state index >= 15 is 0 Å². The summed E-state index contributed by atoms with van der Waals surface area (Å²) >= 11 is 0. The van der Waals surface area contributed by atoms with Gasteiger partial charge in [0.2, 0.25) is 17.6 Å². The molecule has 2 heterocycles. The maximum absolute atomic E-state index is 13.8. The largest absolute Gasteiger partial charge is 0.489 e. The SMILES string of the molecule is CNC(C)C(=O)NC(C(=O)N1CCC2C1C(OCc1ccc(F)cc1)=CN2C(=O)C(C)=O)C(C)(C)C. The Labute approximate surface area is 211 Å². The van der Waals surface area contributed by atoms with E-state index in [-0.39, 0.29) is 24.2 Å². The van der Waals surface area contributed by atoms with Crippen molar-refractivity contribution in [1.29, 1.82) is 0 Å². The van der Waals surface area contributed by atoms with Crippen LogP contribution in [0.5, 0.6) is 0 Å².